The minimum atomic E-state index is -1.42. The molecule has 0 aromatic heterocycles. The van der Waals surface area contributed by atoms with Crippen LogP contribution in [-0.2, 0) is 4.79 Å². The molecule has 162 valence electrons. The van der Waals surface area contributed by atoms with Gasteiger partial charge < -0.3 is 24.6 Å². The molecule has 0 aliphatic heterocycles. The number of carboxylic acids is 1. The van der Waals surface area contributed by atoms with Crippen molar-refractivity contribution >= 4 is 22.6 Å². The first kappa shape index (κ1) is 22.0. The second kappa shape index (κ2) is 9.38. The Morgan fingerprint density at radius 2 is 1.55 bits per heavy atom. The van der Waals surface area contributed by atoms with Gasteiger partial charge in [0, 0.05) is 5.39 Å². The fourth-order valence-corrected chi connectivity index (χ4v) is 3.02. The van der Waals surface area contributed by atoms with Crippen molar-refractivity contribution in [3.8, 4) is 17.2 Å². The normalized spacial score (nSPS) is 11.1. The van der Waals surface area contributed by atoms with Gasteiger partial charge >= 0.3 is 5.97 Å². The molecular formula is C24H25NO6. The van der Waals surface area contributed by atoms with Crippen molar-refractivity contribution in [3.05, 3.63) is 66.2 Å². The van der Waals surface area contributed by atoms with E-state index in [1.54, 1.807) is 31.4 Å². The molecule has 1 amide bonds. The number of nitrogens with one attached hydrogen (secondary N) is 1. The lowest BCUT2D eigenvalue weighted by molar-refractivity contribution is -0.143. The van der Waals surface area contributed by atoms with E-state index in [1.165, 1.54) is 13.8 Å². The van der Waals surface area contributed by atoms with E-state index < -0.39 is 17.4 Å². The number of benzene rings is 3. The van der Waals surface area contributed by atoms with Gasteiger partial charge in [-0.3, -0.25) is 4.79 Å². The van der Waals surface area contributed by atoms with E-state index in [0.29, 0.717) is 17.2 Å². The summed E-state index contributed by atoms with van der Waals surface area (Å²) >= 11 is 0. The third-order valence-electron chi connectivity index (χ3n) is 4.74. The number of rotatable bonds is 9. The average Bonchev–Trinajstić information content (AvgIpc) is 2.76. The summed E-state index contributed by atoms with van der Waals surface area (Å²) in [6, 6.07) is 18.2. The molecule has 3 rings (SSSR count). The van der Waals surface area contributed by atoms with Crippen LogP contribution in [0.5, 0.6) is 17.2 Å². The summed E-state index contributed by atoms with van der Waals surface area (Å²) in [6.45, 7) is 3.26. The van der Waals surface area contributed by atoms with E-state index in [0.717, 1.165) is 10.8 Å². The number of fused-ring (bicyclic) bond motifs is 1. The fraction of sp³-hybridized carbons (Fsp3) is 0.250. The summed E-state index contributed by atoms with van der Waals surface area (Å²) < 4.78 is 17.0. The van der Waals surface area contributed by atoms with Crippen LogP contribution in [0.15, 0.2) is 60.7 Å². The Bertz CT molecular complexity index is 1090. The molecule has 0 aliphatic carbocycles. The van der Waals surface area contributed by atoms with E-state index in [-0.39, 0.29) is 18.8 Å². The molecule has 0 saturated carbocycles. The summed E-state index contributed by atoms with van der Waals surface area (Å²) in [4.78, 5) is 24.3. The van der Waals surface area contributed by atoms with Crippen molar-refractivity contribution in [1.82, 2.24) is 5.32 Å². The highest BCUT2D eigenvalue weighted by atomic mass is 16.5. The van der Waals surface area contributed by atoms with Crippen LogP contribution < -0.4 is 19.5 Å². The van der Waals surface area contributed by atoms with Crippen molar-refractivity contribution in [1.29, 1.82) is 0 Å². The molecule has 0 fully saturated rings. The van der Waals surface area contributed by atoms with E-state index >= 15 is 0 Å². The summed E-state index contributed by atoms with van der Waals surface area (Å²) in [7, 11) is 1.57. The number of carbonyl (C=O) groups is 2. The largest absolute Gasteiger partial charge is 0.493 e. The number of carbonyl (C=O) groups excluding carboxylic acids is 1. The van der Waals surface area contributed by atoms with Crippen molar-refractivity contribution in [2.45, 2.75) is 19.4 Å². The van der Waals surface area contributed by atoms with Crippen LogP contribution in [0.1, 0.15) is 24.2 Å². The lowest BCUT2D eigenvalue weighted by atomic mass is 10.0. The molecule has 0 atom stereocenters. The van der Waals surface area contributed by atoms with Crippen LogP contribution in [0.3, 0.4) is 0 Å². The average molecular weight is 423 g/mol. The van der Waals surface area contributed by atoms with Gasteiger partial charge in [0.25, 0.3) is 5.91 Å². The number of aliphatic carboxylic acids is 1. The highest BCUT2D eigenvalue weighted by molar-refractivity contribution is 6.05. The van der Waals surface area contributed by atoms with Gasteiger partial charge in [0.2, 0.25) is 0 Å². The van der Waals surface area contributed by atoms with E-state index in [4.69, 9.17) is 14.2 Å². The molecule has 3 aromatic rings. The van der Waals surface area contributed by atoms with Crippen LogP contribution >= 0.6 is 0 Å². The van der Waals surface area contributed by atoms with Gasteiger partial charge in [-0.2, -0.15) is 0 Å². The van der Waals surface area contributed by atoms with Crippen molar-refractivity contribution in [2.75, 3.05) is 20.3 Å². The lowest BCUT2D eigenvalue weighted by Crippen LogP contribution is -2.49. The predicted octanol–water partition coefficient (Wildman–Crippen LogP) is 3.90. The molecular weight excluding hydrogens is 398 g/mol. The first-order chi connectivity index (χ1) is 14.8. The summed E-state index contributed by atoms with van der Waals surface area (Å²) in [5.74, 6) is -0.0788. The van der Waals surface area contributed by atoms with Crippen LogP contribution in [0.25, 0.3) is 10.8 Å². The predicted molar refractivity (Wildman–Crippen MR) is 117 cm³/mol. The zero-order valence-corrected chi connectivity index (χ0v) is 17.7. The van der Waals surface area contributed by atoms with E-state index in [2.05, 4.69) is 5.32 Å². The molecule has 7 nitrogen and oxygen atoms in total. The lowest BCUT2D eigenvalue weighted by Gasteiger charge is -2.22. The van der Waals surface area contributed by atoms with Gasteiger partial charge in [0.05, 0.1) is 12.7 Å². The Balaban J connectivity index is 1.81. The maximum Gasteiger partial charge on any atom is 0.328 e. The SMILES string of the molecule is COc1ccccc1OCCOc1c(C(=O)NC(C)(C)C(=O)O)ccc2ccccc12. The Morgan fingerprint density at radius 1 is 0.903 bits per heavy atom. The van der Waals surface area contributed by atoms with E-state index in [1.807, 2.05) is 36.4 Å². The number of methoxy groups -OCH3 is 1. The maximum absolute atomic E-state index is 12.9. The van der Waals surface area contributed by atoms with Gasteiger partial charge in [-0.15, -0.1) is 0 Å². The molecule has 7 heteroatoms. The van der Waals surface area contributed by atoms with Crippen LogP contribution in [0, 0.1) is 0 Å². The second-order valence-corrected chi connectivity index (χ2v) is 7.40. The zero-order chi connectivity index (χ0) is 22.4. The molecule has 0 spiro atoms. The van der Waals surface area contributed by atoms with E-state index in [9.17, 15) is 14.7 Å². The summed E-state index contributed by atoms with van der Waals surface area (Å²) in [5.41, 5.74) is -1.17. The smallest absolute Gasteiger partial charge is 0.328 e. The Hall–Kier alpha value is -3.74. The Morgan fingerprint density at radius 3 is 2.26 bits per heavy atom. The van der Waals surface area contributed by atoms with Gasteiger partial charge in [-0.1, -0.05) is 42.5 Å². The second-order valence-electron chi connectivity index (χ2n) is 7.40. The van der Waals surface area contributed by atoms with Gasteiger partial charge in [-0.25, -0.2) is 4.79 Å². The standard InChI is InChI=1S/C24H25NO6/c1-24(2,23(27)28)25-22(26)18-13-12-16-8-4-5-9-17(16)21(18)31-15-14-30-20-11-7-6-10-19(20)29-3/h4-13H,14-15H2,1-3H3,(H,25,26)(H,27,28). The van der Waals surface area contributed by atoms with Gasteiger partial charge in [-0.05, 0) is 37.4 Å². The highest BCUT2D eigenvalue weighted by Gasteiger charge is 2.30. The molecule has 31 heavy (non-hydrogen) atoms. The fourth-order valence-electron chi connectivity index (χ4n) is 3.02. The number of para-hydroxylation sites is 2. The van der Waals surface area contributed by atoms with Crippen LogP contribution in [-0.4, -0.2) is 42.8 Å². The number of carboxylic acid groups (broad SMARTS) is 1. The minimum absolute atomic E-state index is 0.175. The third-order valence-corrected chi connectivity index (χ3v) is 4.74. The molecule has 0 saturated heterocycles. The topological polar surface area (TPSA) is 94.1 Å². The van der Waals surface area contributed by atoms with Crippen molar-refractivity contribution in [3.63, 3.8) is 0 Å². The molecule has 0 radical (unpaired) electrons. The Labute approximate surface area is 180 Å². The molecule has 3 aromatic carbocycles. The molecule has 2 N–H and O–H groups in total. The molecule has 0 aliphatic rings. The molecule has 0 heterocycles. The van der Waals surface area contributed by atoms with Gasteiger partial charge in [0.15, 0.2) is 11.5 Å². The number of ether oxygens (including phenoxy) is 3. The summed E-state index contributed by atoms with van der Waals surface area (Å²) in [5, 5.41) is 13.5. The maximum atomic E-state index is 12.9. The number of hydrogen-bond acceptors (Lipinski definition) is 5. The number of hydrogen-bond donors (Lipinski definition) is 2. The molecule has 0 bridgehead atoms. The first-order valence-electron chi connectivity index (χ1n) is 9.80. The zero-order valence-electron chi connectivity index (χ0n) is 17.7. The van der Waals surface area contributed by atoms with Crippen LogP contribution in [0.4, 0.5) is 0 Å². The minimum Gasteiger partial charge on any atom is -0.493 e. The Kier molecular flexibility index (Phi) is 6.65. The summed E-state index contributed by atoms with van der Waals surface area (Å²) in [6.07, 6.45) is 0. The monoisotopic (exact) mass is 423 g/mol. The molecule has 0 unspecified atom stereocenters. The van der Waals surface area contributed by atoms with Gasteiger partial charge in [0.1, 0.15) is 24.5 Å². The first-order valence-corrected chi connectivity index (χ1v) is 9.80. The quantitative estimate of drug-likeness (QED) is 0.507. The van der Waals surface area contributed by atoms with Crippen molar-refractivity contribution < 1.29 is 28.9 Å². The van der Waals surface area contributed by atoms with Crippen LogP contribution in [0.2, 0.25) is 0 Å². The van der Waals surface area contributed by atoms with Crippen molar-refractivity contribution in [2.24, 2.45) is 0 Å². The highest BCUT2D eigenvalue weighted by Crippen LogP contribution is 2.31. The third kappa shape index (κ3) is 5.06. The number of amides is 1.